The topological polar surface area (TPSA) is 76.1 Å². The third-order valence-electron chi connectivity index (χ3n) is 5.11. The van der Waals surface area contributed by atoms with Gasteiger partial charge in [-0.3, -0.25) is 4.79 Å². The van der Waals surface area contributed by atoms with Crippen molar-refractivity contribution in [3.63, 3.8) is 0 Å². The predicted molar refractivity (Wildman–Crippen MR) is 111 cm³/mol. The van der Waals surface area contributed by atoms with Gasteiger partial charge in [-0.05, 0) is 17.7 Å². The highest BCUT2D eigenvalue weighted by atomic mass is 35.5. The zero-order valence-corrected chi connectivity index (χ0v) is 16.1. The van der Waals surface area contributed by atoms with Crippen molar-refractivity contribution < 1.29 is 9.53 Å². The molecule has 1 aliphatic rings. The minimum Gasteiger partial charge on any atom is -0.458 e. The Morgan fingerprint density at radius 2 is 1.66 bits per heavy atom. The van der Waals surface area contributed by atoms with Gasteiger partial charge in [0.25, 0.3) is 0 Å². The molecule has 0 spiro atoms. The van der Waals surface area contributed by atoms with Crippen molar-refractivity contribution in [1.29, 1.82) is 5.26 Å². The summed E-state index contributed by atoms with van der Waals surface area (Å²) in [5.41, 5.74) is 6.60. The highest BCUT2D eigenvalue weighted by Crippen LogP contribution is 2.52. The number of ether oxygens (including phenoxy) is 1. The first kappa shape index (κ1) is 18.8. The van der Waals surface area contributed by atoms with E-state index in [4.69, 9.17) is 22.1 Å². The smallest absolute Gasteiger partial charge is 0.212 e. The lowest BCUT2D eigenvalue weighted by Crippen LogP contribution is -2.41. The molecule has 0 radical (unpaired) electrons. The van der Waals surface area contributed by atoms with Gasteiger partial charge in [-0.2, -0.15) is 5.26 Å². The molecule has 3 aromatic carbocycles. The van der Waals surface area contributed by atoms with E-state index in [0.717, 1.165) is 0 Å². The number of nitrogens with zero attached hydrogens (tertiary/aromatic N) is 1. The summed E-state index contributed by atoms with van der Waals surface area (Å²) in [4.78, 5) is 13.9. The second-order valence-electron chi connectivity index (χ2n) is 6.78. The Bertz CT molecular complexity index is 1140. The van der Waals surface area contributed by atoms with Crippen LogP contribution in [0.2, 0.25) is 5.02 Å². The van der Waals surface area contributed by atoms with Crippen LogP contribution in [0, 0.1) is 11.3 Å². The zero-order valence-electron chi connectivity index (χ0n) is 15.4. The van der Waals surface area contributed by atoms with Crippen molar-refractivity contribution in [2.75, 3.05) is 0 Å². The van der Waals surface area contributed by atoms with Crippen molar-refractivity contribution >= 4 is 17.4 Å². The number of carbonyl (C=O) groups excluding carboxylic acids is 1. The number of carbonyl (C=O) groups is 1. The molecule has 0 saturated carbocycles. The Kier molecular flexibility index (Phi) is 4.84. The van der Waals surface area contributed by atoms with Gasteiger partial charge in [0.05, 0.1) is 5.92 Å². The Labute approximate surface area is 173 Å². The Morgan fingerprint density at radius 3 is 2.28 bits per heavy atom. The molecule has 0 bridgehead atoms. The van der Waals surface area contributed by atoms with Crippen LogP contribution in [-0.4, -0.2) is 5.78 Å². The van der Waals surface area contributed by atoms with Gasteiger partial charge in [0.2, 0.25) is 17.3 Å². The van der Waals surface area contributed by atoms with E-state index in [-0.39, 0.29) is 17.2 Å². The molecule has 4 rings (SSSR count). The SMILES string of the molecule is N#CC1=C(N)O[C@@](C(=O)c2ccccc2)(c2ccccc2)[C@H]1c1cccc(Cl)c1. The molecule has 0 saturated heterocycles. The van der Waals surface area contributed by atoms with E-state index in [1.807, 2.05) is 42.5 Å². The second-order valence-corrected chi connectivity index (χ2v) is 7.21. The third-order valence-corrected chi connectivity index (χ3v) is 5.35. The highest BCUT2D eigenvalue weighted by Gasteiger charge is 2.57. The van der Waals surface area contributed by atoms with E-state index in [0.29, 0.717) is 21.7 Å². The average molecular weight is 401 g/mol. The summed E-state index contributed by atoms with van der Waals surface area (Å²) >= 11 is 6.23. The molecule has 3 aromatic rings. The number of nitriles is 1. The first-order valence-electron chi connectivity index (χ1n) is 9.07. The lowest BCUT2D eigenvalue weighted by Gasteiger charge is -2.34. The lowest BCUT2D eigenvalue weighted by molar-refractivity contribution is 0.0136. The van der Waals surface area contributed by atoms with E-state index in [2.05, 4.69) is 6.07 Å². The summed E-state index contributed by atoms with van der Waals surface area (Å²) in [6, 6.07) is 27.2. The maximum atomic E-state index is 13.9. The van der Waals surface area contributed by atoms with Gasteiger partial charge in [-0.15, -0.1) is 0 Å². The van der Waals surface area contributed by atoms with Crippen molar-refractivity contribution in [3.8, 4) is 6.07 Å². The largest absolute Gasteiger partial charge is 0.458 e. The molecule has 0 fully saturated rings. The van der Waals surface area contributed by atoms with Gasteiger partial charge < -0.3 is 10.5 Å². The summed E-state index contributed by atoms with van der Waals surface area (Å²) in [6.07, 6.45) is 0. The number of hydrogen-bond donors (Lipinski definition) is 1. The van der Waals surface area contributed by atoms with Crippen LogP contribution in [0.1, 0.15) is 27.4 Å². The number of benzene rings is 3. The molecular formula is C24H17ClN2O2. The molecule has 4 nitrogen and oxygen atoms in total. The summed E-state index contributed by atoms with van der Waals surface area (Å²) < 4.78 is 6.10. The molecular weight excluding hydrogens is 384 g/mol. The van der Waals surface area contributed by atoms with Crippen molar-refractivity contribution in [2.24, 2.45) is 5.73 Å². The molecule has 0 unspecified atom stereocenters. The predicted octanol–water partition coefficient (Wildman–Crippen LogP) is 4.93. The van der Waals surface area contributed by atoms with Gasteiger partial charge in [0, 0.05) is 16.1 Å². The van der Waals surface area contributed by atoms with Crippen LogP contribution in [0.25, 0.3) is 0 Å². The van der Waals surface area contributed by atoms with E-state index in [9.17, 15) is 10.1 Å². The quantitative estimate of drug-likeness (QED) is 0.630. The Balaban J connectivity index is 2.02. The second kappa shape index (κ2) is 7.46. The Hall–Kier alpha value is -3.55. The molecule has 0 aliphatic carbocycles. The molecule has 142 valence electrons. The molecule has 2 N–H and O–H groups in total. The number of hydrogen-bond acceptors (Lipinski definition) is 4. The van der Waals surface area contributed by atoms with Crippen LogP contribution in [0.4, 0.5) is 0 Å². The fraction of sp³-hybridized carbons (Fsp3) is 0.0833. The molecule has 1 aliphatic heterocycles. The van der Waals surface area contributed by atoms with E-state index in [1.165, 1.54) is 0 Å². The van der Waals surface area contributed by atoms with Gasteiger partial charge in [0.1, 0.15) is 11.6 Å². The number of ketones is 1. The van der Waals surface area contributed by atoms with Crippen LogP contribution in [0.5, 0.6) is 0 Å². The fourth-order valence-corrected chi connectivity index (χ4v) is 4.06. The first-order chi connectivity index (χ1) is 14.1. The number of halogens is 1. The van der Waals surface area contributed by atoms with E-state index in [1.54, 1.807) is 42.5 Å². The monoisotopic (exact) mass is 400 g/mol. The molecule has 0 aromatic heterocycles. The van der Waals surface area contributed by atoms with Gasteiger partial charge in [0.15, 0.2) is 0 Å². The van der Waals surface area contributed by atoms with Crippen LogP contribution in [0.3, 0.4) is 0 Å². The minimum absolute atomic E-state index is 0.0504. The van der Waals surface area contributed by atoms with E-state index < -0.39 is 11.5 Å². The average Bonchev–Trinajstić information content (AvgIpc) is 3.07. The maximum absolute atomic E-state index is 13.9. The molecule has 29 heavy (non-hydrogen) atoms. The zero-order chi connectivity index (χ0) is 20.4. The minimum atomic E-state index is -1.51. The Morgan fingerprint density at radius 1 is 1.00 bits per heavy atom. The van der Waals surface area contributed by atoms with Gasteiger partial charge in [-0.25, -0.2) is 0 Å². The first-order valence-corrected chi connectivity index (χ1v) is 9.45. The third kappa shape index (κ3) is 3.06. The number of rotatable bonds is 4. The highest BCUT2D eigenvalue weighted by molar-refractivity contribution is 6.30. The number of nitrogens with two attached hydrogens (primary N) is 1. The van der Waals surface area contributed by atoms with Crippen LogP contribution < -0.4 is 5.73 Å². The molecule has 0 amide bonds. The van der Waals surface area contributed by atoms with Crippen molar-refractivity contribution in [1.82, 2.24) is 0 Å². The normalized spacial score (nSPS) is 20.8. The van der Waals surface area contributed by atoms with Crippen LogP contribution in [-0.2, 0) is 10.3 Å². The van der Waals surface area contributed by atoms with Crippen molar-refractivity contribution in [2.45, 2.75) is 11.5 Å². The van der Waals surface area contributed by atoms with Crippen LogP contribution in [0.15, 0.2) is 96.4 Å². The number of Topliss-reactive ketones (excluding diaryl/α,β-unsaturated/α-hetero) is 1. The summed E-state index contributed by atoms with van der Waals surface area (Å²) in [5, 5.41) is 10.4. The summed E-state index contributed by atoms with van der Waals surface area (Å²) in [7, 11) is 0. The molecule has 2 atom stereocenters. The summed E-state index contributed by atoms with van der Waals surface area (Å²) in [6.45, 7) is 0. The molecule has 1 heterocycles. The van der Waals surface area contributed by atoms with E-state index >= 15 is 0 Å². The van der Waals surface area contributed by atoms with Crippen LogP contribution >= 0.6 is 11.6 Å². The van der Waals surface area contributed by atoms with Gasteiger partial charge >= 0.3 is 0 Å². The maximum Gasteiger partial charge on any atom is 0.212 e. The fourth-order valence-electron chi connectivity index (χ4n) is 3.86. The van der Waals surface area contributed by atoms with Crippen molar-refractivity contribution in [3.05, 3.63) is 118 Å². The standard InChI is InChI=1S/C24H17ClN2O2/c25-19-13-7-10-17(14-19)21-20(15-26)23(27)29-24(21,18-11-5-2-6-12-18)22(28)16-8-3-1-4-9-16/h1-14,21H,27H2/t21-,24-/m0/s1. The molecule has 5 heteroatoms. The lowest BCUT2D eigenvalue weighted by atomic mass is 9.71. The van der Waals surface area contributed by atoms with Gasteiger partial charge in [-0.1, -0.05) is 84.4 Å². The summed E-state index contributed by atoms with van der Waals surface area (Å²) in [5.74, 6) is -1.06.